The van der Waals surface area contributed by atoms with Crippen LogP contribution in [-0.4, -0.2) is 20.8 Å². The molecule has 0 bridgehead atoms. The number of anilines is 1. The molecule has 1 unspecified atom stereocenters. The fraction of sp³-hybridized carbons (Fsp3) is 0.600. The first-order valence-corrected chi connectivity index (χ1v) is 7.29. The molecule has 2 aromatic heterocycles. The third kappa shape index (κ3) is 2.44. The van der Waals surface area contributed by atoms with Crippen LogP contribution in [0.1, 0.15) is 46.1 Å². The van der Waals surface area contributed by atoms with E-state index in [0.29, 0.717) is 12.1 Å². The zero-order valence-electron chi connectivity index (χ0n) is 11.9. The molecule has 1 aliphatic rings. The zero-order chi connectivity index (χ0) is 13.4. The quantitative estimate of drug-likeness (QED) is 0.890. The molecule has 0 aliphatic heterocycles. The second-order valence-electron chi connectivity index (χ2n) is 5.82. The first-order valence-electron chi connectivity index (χ1n) is 7.29. The van der Waals surface area contributed by atoms with E-state index in [4.69, 9.17) is 0 Å². The van der Waals surface area contributed by atoms with E-state index in [2.05, 4.69) is 42.2 Å². The van der Waals surface area contributed by atoms with Gasteiger partial charge in [0.2, 0.25) is 0 Å². The van der Waals surface area contributed by atoms with Gasteiger partial charge >= 0.3 is 0 Å². The van der Waals surface area contributed by atoms with Crippen LogP contribution in [0.2, 0.25) is 0 Å². The number of pyridine rings is 1. The van der Waals surface area contributed by atoms with Crippen LogP contribution in [0, 0.1) is 5.92 Å². The zero-order valence-corrected chi connectivity index (χ0v) is 11.9. The molecule has 19 heavy (non-hydrogen) atoms. The standard InChI is InChI=1S/C15H22N4/c1-4-14(11-5-6-11)18-13-7-12-8-17-19(10(2)3)15(12)16-9-13/h7-11,14,18H,4-6H2,1-3H3. The molecule has 3 rings (SSSR count). The highest BCUT2D eigenvalue weighted by molar-refractivity contribution is 5.78. The Morgan fingerprint density at radius 2 is 2.16 bits per heavy atom. The number of hydrogen-bond acceptors (Lipinski definition) is 3. The van der Waals surface area contributed by atoms with E-state index in [9.17, 15) is 0 Å². The van der Waals surface area contributed by atoms with E-state index in [-0.39, 0.29) is 0 Å². The Balaban J connectivity index is 1.85. The monoisotopic (exact) mass is 258 g/mol. The summed E-state index contributed by atoms with van der Waals surface area (Å²) in [7, 11) is 0. The maximum absolute atomic E-state index is 4.57. The molecule has 2 aromatic rings. The molecule has 4 nitrogen and oxygen atoms in total. The summed E-state index contributed by atoms with van der Waals surface area (Å²) in [6.07, 6.45) is 7.76. The summed E-state index contributed by atoms with van der Waals surface area (Å²) in [5.74, 6) is 0.860. The van der Waals surface area contributed by atoms with Gasteiger partial charge in [0.1, 0.15) is 0 Å². The predicted octanol–water partition coefficient (Wildman–Crippen LogP) is 3.61. The van der Waals surface area contributed by atoms with Crippen molar-refractivity contribution in [3.63, 3.8) is 0 Å². The van der Waals surface area contributed by atoms with Crippen molar-refractivity contribution in [1.82, 2.24) is 14.8 Å². The highest BCUT2D eigenvalue weighted by Gasteiger charge is 2.29. The van der Waals surface area contributed by atoms with E-state index >= 15 is 0 Å². The van der Waals surface area contributed by atoms with Gasteiger partial charge in [0.05, 0.1) is 18.1 Å². The summed E-state index contributed by atoms with van der Waals surface area (Å²) in [6.45, 7) is 6.50. The number of aromatic nitrogens is 3. The average Bonchev–Trinajstić information content (AvgIpc) is 3.14. The second kappa shape index (κ2) is 4.83. The molecular formula is C15H22N4. The van der Waals surface area contributed by atoms with Crippen molar-refractivity contribution >= 4 is 16.7 Å². The molecule has 2 heterocycles. The van der Waals surface area contributed by atoms with Crippen molar-refractivity contribution in [2.45, 2.75) is 52.1 Å². The van der Waals surface area contributed by atoms with Crippen molar-refractivity contribution in [2.24, 2.45) is 5.92 Å². The van der Waals surface area contributed by atoms with Gasteiger partial charge in [-0.2, -0.15) is 5.10 Å². The van der Waals surface area contributed by atoms with Crippen molar-refractivity contribution < 1.29 is 0 Å². The maximum Gasteiger partial charge on any atom is 0.158 e. The number of fused-ring (bicyclic) bond motifs is 1. The summed E-state index contributed by atoms with van der Waals surface area (Å²) in [4.78, 5) is 4.57. The van der Waals surface area contributed by atoms with Gasteiger partial charge in [-0.05, 0) is 45.1 Å². The minimum atomic E-state index is 0.346. The fourth-order valence-corrected chi connectivity index (χ4v) is 2.66. The molecule has 1 aliphatic carbocycles. The van der Waals surface area contributed by atoms with Gasteiger partial charge in [-0.1, -0.05) is 6.92 Å². The number of nitrogens with zero attached hydrogens (tertiary/aromatic N) is 3. The highest BCUT2D eigenvalue weighted by Crippen LogP contribution is 2.35. The smallest absolute Gasteiger partial charge is 0.158 e. The van der Waals surface area contributed by atoms with Crippen LogP contribution < -0.4 is 5.32 Å². The van der Waals surface area contributed by atoms with Gasteiger partial charge in [-0.15, -0.1) is 0 Å². The highest BCUT2D eigenvalue weighted by atomic mass is 15.3. The first-order chi connectivity index (χ1) is 9.19. The van der Waals surface area contributed by atoms with Crippen LogP contribution in [0.15, 0.2) is 18.5 Å². The van der Waals surface area contributed by atoms with Crippen LogP contribution in [0.3, 0.4) is 0 Å². The lowest BCUT2D eigenvalue weighted by molar-refractivity contribution is 0.546. The molecule has 1 N–H and O–H groups in total. The minimum Gasteiger partial charge on any atom is -0.381 e. The van der Waals surface area contributed by atoms with Crippen LogP contribution in [-0.2, 0) is 0 Å². The Morgan fingerprint density at radius 3 is 2.79 bits per heavy atom. The molecular weight excluding hydrogens is 236 g/mol. The van der Waals surface area contributed by atoms with Crippen LogP contribution in [0.5, 0.6) is 0 Å². The topological polar surface area (TPSA) is 42.7 Å². The minimum absolute atomic E-state index is 0.346. The van der Waals surface area contributed by atoms with Crippen molar-refractivity contribution in [3.8, 4) is 0 Å². The molecule has 0 radical (unpaired) electrons. The van der Waals surface area contributed by atoms with Gasteiger partial charge < -0.3 is 5.32 Å². The van der Waals surface area contributed by atoms with Crippen molar-refractivity contribution in [1.29, 1.82) is 0 Å². The lowest BCUT2D eigenvalue weighted by atomic mass is 10.1. The summed E-state index contributed by atoms with van der Waals surface area (Å²) >= 11 is 0. The molecule has 1 saturated carbocycles. The average molecular weight is 258 g/mol. The van der Waals surface area contributed by atoms with Gasteiger partial charge in [0.15, 0.2) is 5.65 Å². The number of rotatable bonds is 5. The molecule has 102 valence electrons. The van der Waals surface area contributed by atoms with Gasteiger partial charge in [0, 0.05) is 17.5 Å². The Hall–Kier alpha value is -1.58. The number of hydrogen-bond donors (Lipinski definition) is 1. The van der Waals surface area contributed by atoms with Crippen LogP contribution in [0.25, 0.3) is 11.0 Å². The SMILES string of the molecule is CCC(Nc1cnc2c(cnn2C(C)C)c1)C1CC1. The summed E-state index contributed by atoms with van der Waals surface area (Å²) in [5, 5.41) is 9.15. The summed E-state index contributed by atoms with van der Waals surface area (Å²) in [6, 6.07) is 3.11. The lowest BCUT2D eigenvalue weighted by Gasteiger charge is -2.17. The normalized spacial score (nSPS) is 17.1. The molecule has 4 heteroatoms. The van der Waals surface area contributed by atoms with E-state index in [1.165, 1.54) is 19.3 Å². The van der Waals surface area contributed by atoms with Crippen LogP contribution >= 0.6 is 0 Å². The van der Waals surface area contributed by atoms with E-state index in [1.54, 1.807) is 0 Å². The summed E-state index contributed by atoms with van der Waals surface area (Å²) in [5.41, 5.74) is 2.09. The third-order valence-corrected chi connectivity index (χ3v) is 3.91. The lowest BCUT2D eigenvalue weighted by Crippen LogP contribution is -2.20. The Morgan fingerprint density at radius 1 is 1.37 bits per heavy atom. The van der Waals surface area contributed by atoms with Gasteiger partial charge in [-0.3, -0.25) is 0 Å². The first kappa shape index (κ1) is 12.5. The molecule has 0 saturated heterocycles. The molecule has 1 fully saturated rings. The molecule has 0 spiro atoms. The van der Waals surface area contributed by atoms with Crippen molar-refractivity contribution in [3.05, 3.63) is 18.5 Å². The van der Waals surface area contributed by atoms with E-state index < -0.39 is 0 Å². The number of nitrogens with one attached hydrogen (secondary N) is 1. The third-order valence-electron chi connectivity index (χ3n) is 3.91. The molecule has 0 aromatic carbocycles. The van der Waals surface area contributed by atoms with E-state index in [0.717, 1.165) is 22.6 Å². The predicted molar refractivity (Wildman–Crippen MR) is 78.3 cm³/mol. The summed E-state index contributed by atoms with van der Waals surface area (Å²) < 4.78 is 1.97. The second-order valence-corrected chi connectivity index (χ2v) is 5.82. The van der Waals surface area contributed by atoms with E-state index in [1.807, 2.05) is 17.1 Å². The molecule has 0 amide bonds. The largest absolute Gasteiger partial charge is 0.381 e. The maximum atomic E-state index is 4.57. The Bertz CT molecular complexity index is 569. The molecule has 1 atom stereocenters. The Labute approximate surface area is 114 Å². The van der Waals surface area contributed by atoms with Gasteiger partial charge in [0.25, 0.3) is 0 Å². The van der Waals surface area contributed by atoms with Gasteiger partial charge in [-0.25, -0.2) is 9.67 Å². The Kier molecular flexibility index (Phi) is 3.17. The van der Waals surface area contributed by atoms with Crippen LogP contribution in [0.4, 0.5) is 5.69 Å². The van der Waals surface area contributed by atoms with Crippen molar-refractivity contribution in [2.75, 3.05) is 5.32 Å². The fourth-order valence-electron chi connectivity index (χ4n) is 2.66.